The number of aryl methyl sites for hydroxylation is 1. The molecule has 0 aliphatic carbocycles. The molecule has 6 heteroatoms. The van der Waals surface area contributed by atoms with Crippen LogP contribution in [-0.4, -0.2) is 10.8 Å². The predicted molar refractivity (Wildman–Crippen MR) is 86.5 cm³/mol. The van der Waals surface area contributed by atoms with E-state index in [4.69, 9.17) is 11.6 Å². The van der Waals surface area contributed by atoms with Crippen LogP contribution in [0.15, 0.2) is 42.5 Å². The lowest BCUT2D eigenvalue weighted by Crippen LogP contribution is -2.12. The van der Waals surface area contributed by atoms with Crippen LogP contribution in [0.3, 0.4) is 0 Å². The monoisotopic (exact) mass is 318 g/mol. The molecule has 0 spiro atoms. The van der Waals surface area contributed by atoms with Crippen LogP contribution in [0.1, 0.15) is 29.3 Å². The summed E-state index contributed by atoms with van der Waals surface area (Å²) in [5.41, 5.74) is 1.71. The summed E-state index contributed by atoms with van der Waals surface area (Å²) in [4.78, 5) is 22.4. The number of anilines is 1. The lowest BCUT2D eigenvalue weighted by Gasteiger charge is -2.07. The summed E-state index contributed by atoms with van der Waals surface area (Å²) in [6, 6.07) is 11.3. The van der Waals surface area contributed by atoms with Crippen LogP contribution in [0.5, 0.6) is 0 Å². The number of nitrogens with one attached hydrogen (secondary N) is 1. The average molecular weight is 319 g/mol. The quantitative estimate of drug-likeness (QED) is 0.653. The van der Waals surface area contributed by atoms with Gasteiger partial charge in [0.2, 0.25) is 0 Å². The normalized spacial score (nSPS) is 10.3. The van der Waals surface area contributed by atoms with Gasteiger partial charge in [0.05, 0.1) is 15.5 Å². The molecule has 0 saturated carbocycles. The number of hydrogen-bond acceptors (Lipinski definition) is 3. The van der Waals surface area contributed by atoms with Crippen molar-refractivity contribution in [3.05, 3.63) is 68.7 Å². The van der Waals surface area contributed by atoms with Gasteiger partial charge < -0.3 is 5.32 Å². The van der Waals surface area contributed by atoms with Crippen molar-refractivity contribution < 1.29 is 9.72 Å². The van der Waals surface area contributed by atoms with Crippen LogP contribution in [0.25, 0.3) is 0 Å². The summed E-state index contributed by atoms with van der Waals surface area (Å²) >= 11 is 5.95. The number of carbonyl (C=O) groups is 1. The number of halogens is 1. The van der Waals surface area contributed by atoms with Crippen molar-refractivity contribution in [1.29, 1.82) is 0 Å². The Morgan fingerprint density at radius 2 is 1.91 bits per heavy atom. The first-order valence-corrected chi connectivity index (χ1v) is 7.23. The molecular formula is C16H15ClN2O3. The summed E-state index contributed by atoms with van der Waals surface area (Å²) in [5.74, 6) is -0.475. The lowest BCUT2D eigenvalue weighted by atomic mass is 10.1. The molecule has 0 aromatic heterocycles. The van der Waals surface area contributed by atoms with Gasteiger partial charge in [-0.2, -0.15) is 0 Å². The van der Waals surface area contributed by atoms with Gasteiger partial charge in [0.25, 0.3) is 11.6 Å². The van der Waals surface area contributed by atoms with Crippen LogP contribution < -0.4 is 5.32 Å². The summed E-state index contributed by atoms with van der Waals surface area (Å²) in [5, 5.41) is 13.6. The molecule has 5 nitrogen and oxygen atoms in total. The lowest BCUT2D eigenvalue weighted by molar-refractivity contribution is -0.384. The molecule has 22 heavy (non-hydrogen) atoms. The van der Waals surface area contributed by atoms with Crippen LogP contribution in [-0.2, 0) is 6.42 Å². The van der Waals surface area contributed by atoms with Crippen molar-refractivity contribution >= 4 is 28.9 Å². The van der Waals surface area contributed by atoms with E-state index in [0.717, 1.165) is 12.8 Å². The van der Waals surface area contributed by atoms with Gasteiger partial charge >= 0.3 is 0 Å². The minimum absolute atomic E-state index is 0.0773. The van der Waals surface area contributed by atoms with Crippen LogP contribution in [0, 0.1) is 10.1 Å². The predicted octanol–water partition coefficient (Wildman–Crippen LogP) is 4.45. The molecule has 0 unspecified atom stereocenters. The molecule has 0 atom stereocenters. The maximum Gasteiger partial charge on any atom is 0.270 e. The SMILES string of the molecule is CCCc1ccc(NC(=O)c2cc([N+](=O)[O-])ccc2Cl)cc1. The van der Waals surface area contributed by atoms with E-state index in [0.29, 0.717) is 5.69 Å². The Hall–Kier alpha value is -2.40. The van der Waals surface area contributed by atoms with Crippen molar-refractivity contribution in [1.82, 2.24) is 0 Å². The Kier molecular flexibility index (Phi) is 5.12. The van der Waals surface area contributed by atoms with Crippen LogP contribution in [0.4, 0.5) is 11.4 Å². The molecule has 1 amide bonds. The zero-order chi connectivity index (χ0) is 16.1. The van der Waals surface area contributed by atoms with E-state index in [9.17, 15) is 14.9 Å². The van der Waals surface area contributed by atoms with Gasteiger partial charge in [-0.1, -0.05) is 37.1 Å². The highest BCUT2D eigenvalue weighted by Gasteiger charge is 2.16. The molecule has 0 radical (unpaired) electrons. The number of benzene rings is 2. The molecule has 0 heterocycles. The van der Waals surface area contributed by atoms with Gasteiger partial charge in [-0.3, -0.25) is 14.9 Å². The van der Waals surface area contributed by atoms with Gasteiger partial charge in [-0.15, -0.1) is 0 Å². The number of nitro benzene ring substituents is 1. The number of nitrogens with zero attached hydrogens (tertiary/aromatic N) is 1. The number of nitro groups is 1. The third-order valence-electron chi connectivity index (χ3n) is 3.16. The Balaban J connectivity index is 2.18. The third-order valence-corrected chi connectivity index (χ3v) is 3.49. The number of non-ortho nitro benzene ring substituents is 1. The second-order valence-electron chi connectivity index (χ2n) is 4.82. The van der Waals surface area contributed by atoms with Gasteiger partial charge in [0.15, 0.2) is 0 Å². The van der Waals surface area contributed by atoms with E-state index >= 15 is 0 Å². The highest BCUT2D eigenvalue weighted by Crippen LogP contribution is 2.23. The number of hydrogen-bond donors (Lipinski definition) is 1. The number of carbonyl (C=O) groups excluding carboxylic acids is 1. The van der Waals surface area contributed by atoms with E-state index in [1.165, 1.54) is 23.8 Å². The zero-order valence-corrected chi connectivity index (χ0v) is 12.8. The second-order valence-corrected chi connectivity index (χ2v) is 5.23. The average Bonchev–Trinajstić information content (AvgIpc) is 2.49. The summed E-state index contributed by atoms with van der Waals surface area (Å²) in [6.07, 6.45) is 2.03. The molecular weight excluding hydrogens is 304 g/mol. The molecule has 2 aromatic carbocycles. The second kappa shape index (κ2) is 7.04. The summed E-state index contributed by atoms with van der Waals surface area (Å²) in [6.45, 7) is 2.10. The summed E-state index contributed by atoms with van der Waals surface area (Å²) < 4.78 is 0. The number of rotatable bonds is 5. The minimum atomic E-state index is -0.563. The van der Waals surface area contributed by atoms with Gasteiger partial charge in [-0.05, 0) is 30.2 Å². The molecule has 0 fully saturated rings. The molecule has 114 valence electrons. The Morgan fingerprint density at radius 1 is 1.23 bits per heavy atom. The van der Waals surface area contributed by atoms with E-state index in [2.05, 4.69) is 12.2 Å². The number of amides is 1. The molecule has 0 saturated heterocycles. The molecule has 2 aromatic rings. The van der Waals surface area contributed by atoms with Crippen molar-refractivity contribution in [2.24, 2.45) is 0 Å². The van der Waals surface area contributed by atoms with E-state index in [-0.39, 0.29) is 16.3 Å². The fraction of sp³-hybridized carbons (Fsp3) is 0.188. The zero-order valence-electron chi connectivity index (χ0n) is 12.0. The van der Waals surface area contributed by atoms with E-state index in [1.54, 1.807) is 12.1 Å². The maximum atomic E-state index is 12.2. The van der Waals surface area contributed by atoms with Crippen molar-refractivity contribution in [2.75, 3.05) is 5.32 Å². The first-order chi connectivity index (χ1) is 10.5. The molecule has 2 rings (SSSR count). The first kappa shape index (κ1) is 16.0. The van der Waals surface area contributed by atoms with E-state index < -0.39 is 10.8 Å². The molecule has 0 aliphatic rings. The Bertz CT molecular complexity index is 699. The maximum absolute atomic E-state index is 12.2. The molecule has 1 N–H and O–H groups in total. The Morgan fingerprint density at radius 3 is 2.50 bits per heavy atom. The largest absolute Gasteiger partial charge is 0.322 e. The van der Waals surface area contributed by atoms with Gasteiger partial charge in [-0.25, -0.2) is 0 Å². The van der Waals surface area contributed by atoms with Crippen molar-refractivity contribution in [2.45, 2.75) is 19.8 Å². The van der Waals surface area contributed by atoms with Crippen LogP contribution >= 0.6 is 11.6 Å². The first-order valence-electron chi connectivity index (χ1n) is 6.85. The van der Waals surface area contributed by atoms with Crippen molar-refractivity contribution in [3.8, 4) is 0 Å². The molecule has 0 aliphatic heterocycles. The van der Waals surface area contributed by atoms with Gasteiger partial charge in [0.1, 0.15) is 0 Å². The van der Waals surface area contributed by atoms with Crippen molar-refractivity contribution in [3.63, 3.8) is 0 Å². The highest BCUT2D eigenvalue weighted by molar-refractivity contribution is 6.34. The summed E-state index contributed by atoms with van der Waals surface area (Å²) in [7, 11) is 0. The standard InChI is InChI=1S/C16H15ClN2O3/c1-2-3-11-4-6-12(7-5-11)18-16(20)14-10-13(19(21)22)8-9-15(14)17/h4-10H,2-3H2,1H3,(H,18,20). The third kappa shape index (κ3) is 3.83. The fourth-order valence-electron chi connectivity index (χ4n) is 2.04. The minimum Gasteiger partial charge on any atom is -0.322 e. The van der Waals surface area contributed by atoms with Gasteiger partial charge in [0, 0.05) is 17.8 Å². The van der Waals surface area contributed by atoms with Crippen LogP contribution in [0.2, 0.25) is 5.02 Å². The van der Waals surface area contributed by atoms with E-state index in [1.807, 2.05) is 12.1 Å². The molecule has 0 bridgehead atoms. The Labute approximate surface area is 133 Å². The smallest absolute Gasteiger partial charge is 0.270 e. The topological polar surface area (TPSA) is 72.2 Å². The fourth-order valence-corrected chi connectivity index (χ4v) is 2.25. The highest BCUT2D eigenvalue weighted by atomic mass is 35.5.